The number of H-pyrrole nitrogens is 1. The van der Waals surface area contributed by atoms with E-state index in [1.54, 1.807) is 0 Å². The number of urea groups is 1. The van der Waals surface area contributed by atoms with Crippen molar-refractivity contribution in [3.05, 3.63) is 33.2 Å². The first-order chi connectivity index (χ1) is 12.3. The van der Waals surface area contributed by atoms with Gasteiger partial charge in [0.05, 0.1) is 6.54 Å². The summed E-state index contributed by atoms with van der Waals surface area (Å²) < 4.78 is 0. The minimum absolute atomic E-state index is 0.0693. The summed E-state index contributed by atoms with van der Waals surface area (Å²) in [6.07, 6.45) is 8.16. The average molecular weight is 357 g/mol. The molecule has 4 aliphatic carbocycles. The Balaban J connectivity index is 1.38. The summed E-state index contributed by atoms with van der Waals surface area (Å²) in [7, 11) is 1.90. The van der Waals surface area contributed by atoms with Crippen molar-refractivity contribution in [2.75, 3.05) is 13.6 Å². The topological polar surface area (TPSA) is 65.2 Å². The van der Waals surface area contributed by atoms with Crippen LogP contribution in [-0.2, 0) is 6.54 Å². The Kier molecular flexibility index (Phi) is 4.36. The number of hydrogen-bond acceptors (Lipinski definition) is 2. The highest BCUT2D eigenvalue weighted by Gasteiger charge is 2.51. The SMILES string of the molecule is Cc1cc(C)c(CNC(=O)N(C)CC23CC4CC(CC(C4)C2)C3)c(=O)[nH]1. The molecule has 2 amide bonds. The molecule has 1 aromatic rings. The smallest absolute Gasteiger partial charge is 0.317 e. The van der Waals surface area contributed by atoms with Gasteiger partial charge in [0.1, 0.15) is 0 Å². The quantitative estimate of drug-likeness (QED) is 0.868. The molecule has 5 heteroatoms. The van der Waals surface area contributed by atoms with Crippen molar-refractivity contribution in [2.24, 2.45) is 23.2 Å². The summed E-state index contributed by atoms with van der Waals surface area (Å²) in [5.41, 5.74) is 2.66. The lowest BCUT2D eigenvalue weighted by atomic mass is 9.49. The highest BCUT2D eigenvalue weighted by molar-refractivity contribution is 5.73. The fraction of sp³-hybridized carbons (Fsp3) is 0.714. The molecule has 4 fully saturated rings. The molecule has 4 bridgehead atoms. The number of aryl methyl sites for hydroxylation is 2. The first-order valence-electron chi connectivity index (χ1n) is 10.0. The van der Waals surface area contributed by atoms with Gasteiger partial charge in [0, 0.05) is 24.8 Å². The van der Waals surface area contributed by atoms with Gasteiger partial charge in [-0.2, -0.15) is 0 Å². The Morgan fingerprint density at radius 1 is 1.19 bits per heavy atom. The third kappa shape index (κ3) is 3.28. The maximum Gasteiger partial charge on any atom is 0.317 e. The Labute approximate surface area is 155 Å². The van der Waals surface area contributed by atoms with Crippen LogP contribution in [0.15, 0.2) is 10.9 Å². The van der Waals surface area contributed by atoms with Gasteiger partial charge in [-0.3, -0.25) is 4.79 Å². The molecule has 4 saturated carbocycles. The van der Waals surface area contributed by atoms with Gasteiger partial charge in [-0.15, -0.1) is 0 Å². The van der Waals surface area contributed by atoms with Crippen LogP contribution in [0, 0.1) is 37.0 Å². The number of rotatable bonds is 4. The van der Waals surface area contributed by atoms with Crippen LogP contribution in [0.4, 0.5) is 4.79 Å². The third-order valence-corrected chi connectivity index (χ3v) is 6.99. The molecule has 0 spiro atoms. The van der Waals surface area contributed by atoms with E-state index in [4.69, 9.17) is 0 Å². The van der Waals surface area contributed by atoms with E-state index in [1.807, 2.05) is 31.9 Å². The predicted molar refractivity (Wildman–Crippen MR) is 102 cm³/mol. The van der Waals surface area contributed by atoms with Crippen LogP contribution in [0.3, 0.4) is 0 Å². The lowest BCUT2D eigenvalue weighted by Crippen LogP contribution is -2.52. The summed E-state index contributed by atoms with van der Waals surface area (Å²) in [5, 5.41) is 2.95. The van der Waals surface area contributed by atoms with Crippen molar-refractivity contribution in [3.8, 4) is 0 Å². The molecule has 0 atom stereocenters. The monoisotopic (exact) mass is 357 g/mol. The van der Waals surface area contributed by atoms with Crippen LogP contribution in [0.5, 0.6) is 0 Å². The fourth-order valence-electron chi connectivity index (χ4n) is 6.46. The standard InChI is InChI=1S/C21H31N3O2/c1-13-4-14(2)23-19(25)18(13)11-22-20(26)24(3)12-21-8-15-5-16(9-21)7-17(6-15)10-21/h4,15-17H,5-12H2,1-3H3,(H,22,26)(H,23,25). The summed E-state index contributed by atoms with van der Waals surface area (Å²) in [4.78, 5) is 29.4. The molecule has 0 aliphatic heterocycles. The minimum Gasteiger partial charge on any atom is -0.334 e. The van der Waals surface area contributed by atoms with E-state index in [9.17, 15) is 9.59 Å². The second-order valence-electron chi connectivity index (χ2n) is 9.38. The van der Waals surface area contributed by atoms with Crippen molar-refractivity contribution in [1.82, 2.24) is 15.2 Å². The second kappa shape index (κ2) is 6.43. The molecule has 5 rings (SSSR count). The fourth-order valence-corrected chi connectivity index (χ4v) is 6.46. The Hall–Kier alpha value is -1.78. The van der Waals surface area contributed by atoms with Gasteiger partial charge in [-0.1, -0.05) is 0 Å². The van der Waals surface area contributed by atoms with Gasteiger partial charge in [-0.05, 0) is 87.2 Å². The summed E-state index contributed by atoms with van der Waals surface area (Å²) in [6, 6.07) is 1.88. The maximum atomic E-state index is 12.6. The lowest BCUT2D eigenvalue weighted by Gasteiger charge is -2.57. The number of pyridine rings is 1. The van der Waals surface area contributed by atoms with Crippen LogP contribution in [-0.4, -0.2) is 29.5 Å². The predicted octanol–water partition coefficient (Wildman–Crippen LogP) is 3.35. The first-order valence-corrected chi connectivity index (χ1v) is 10.0. The highest BCUT2D eigenvalue weighted by Crippen LogP contribution is 2.60. The number of amides is 2. The Morgan fingerprint density at radius 3 is 2.31 bits per heavy atom. The zero-order valence-corrected chi connectivity index (χ0v) is 16.2. The van der Waals surface area contributed by atoms with Crippen molar-refractivity contribution in [3.63, 3.8) is 0 Å². The first kappa shape index (κ1) is 17.6. The van der Waals surface area contributed by atoms with E-state index in [0.717, 1.165) is 35.6 Å². The van der Waals surface area contributed by atoms with Crippen LogP contribution in [0.1, 0.15) is 55.3 Å². The van der Waals surface area contributed by atoms with Gasteiger partial charge in [0.15, 0.2) is 0 Å². The van der Waals surface area contributed by atoms with Crippen molar-refractivity contribution in [2.45, 2.75) is 58.9 Å². The van der Waals surface area contributed by atoms with E-state index >= 15 is 0 Å². The second-order valence-corrected chi connectivity index (χ2v) is 9.38. The summed E-state index contributed by atoms with van der Waals surface area (Å²) >= 11 is 0. The van der Waals surface area contributed by atoms with Crippen molar-refractivity contribution >= 4 is 6.03 Å². The minimum atomic E-state index is -0.105. The summed E-state index contributed by atoms with van der Waals surface area (Å²) in [5.74, 6) is 2.68. The number of hydrogen-bond donors (Lipinski definition) is 2. The molecule has 1 aromatic heterocycles. The molecule has 0 aromatic carbocycles. The van der Waals surface area contributed by atoms with E-state index in [-0.39, 0.29) is 18.1 Å². The number of nitrogens with zero attached hydrogens (tertiary/aromatic N) is 1. The molecular formula is C21H31N3O2. The molecule has 0 radical (unpaired) electrons. The molecule has 0 saturated heterocycles. The molecule has 2 N–H and O–H groups in total. The zero-order chi connectivity index (χ0) is 18.5. The molecular weight excluding hydrogens is 326 g/mol. The average Bonchev–Trinajstić information content (AvgIpc) is 2.51. The molecule has 5 nitrogen and oxygen atoms in total. The normalized spacial score (nSPS) is 31.9. The number of carbonyl (C=O) groups excluding carboxylic acids is 1. The van der Waals surface area contributed by atoms with Crippen LogP contribution in [0.25, 0.3) is 0 Å². The molecule has 26 heavy (non-hydrogen) atoms. The Morgan fingerprint density at radius 2 is 1.77 bits per heavy atom. The lowest BCUT2D eigenvalue weighted by molar-refractivity contribution is -0.0616. The van der Waals surface area contributed by atoms with Gasteiger partial charge >= 0.3 is 6.03 Å². The summed E-state index contributed by atoms with van der Waals surface area (Å²) in [6.45, 7) is 4.93. The Bertz CT molecular complexity index is 732. The molecule has 0 unspecified atom stereocenters. The van der Waals surface area contributed by atoms with Gasteiger partial charge in [0.25, 0.3) is 5.56 Å². The van der Waals surface area contributed by atoms with Crippen molar-refractivity contribution in [1.29, 1.82) is 0 Å². The van der Waals surface area contributed by atoms with E-state index in [2.05, 4.69) is 10.3 Å². The van der Waals surface area contributed by atoms with Crippen molar-refractivity contribution < 1.29 is 4.79 Å². The van der Waals surface area contributed by atoms with E-state index in [1.165, 1.54) is 38.5 Å². The number of carbonyl (C=O) groups is 1. The third-order valence-electron chi connectivity index (χ3n) is 6.99. The zero-order valence-electron chi connectivity index (χ0n) is 16.2. The van der Waals surface area contributed by atoms with Crippen LogP contribution in [0.2, 0.25) is 0 Å². The number of aromatic nitrogens is 1. The molecule has 4 aliphatic rings. The highest BCUT2D eigenvalue weighted by atomic mass is 16.2. The van der Waals surface area contributed by atoms with Gasteiger partial charge < -0.3 is 15.2 Å². The van der Waals surface area contributed by atoms with Crippen LogP contribution < -0.4 is 10.9 Å². The van der Waals surface area contributed by atoms with Crippen LogP contribution >= 0.6 is 0 Å². The number of nitrogens with one attached hydrogen (secondary N) is 2. The van der Waals surface area contributed by atoms with Gasteiger partial charge in [-0.25, -0.2) is 4.79 Å². The van der Waals surface area contributed by atoms with Gasteiger partial charge in [0.2, 0.25) is 0 Å². The van der Waals surface area contributed by atoms with E-state index < -0.39 is 0 Å². The number of aromatic amines is 1. The largest absolute Gasteiger partial charge is 0.334 e. The van der Waals surface area contributed by atoms with E-state index in [0.29, 0.717) is 11.0 Å². The molecule has 1 heterocycles. The molecule has 142 valence electrons. The maximum absolute atomic E-state index is 12.6.